The summed E-state index contributed by atoms with van der Waals surface area (Å²) in [6.07, 6.45) is 11.9. The van der Waals surface area contributed by atoms with Crippen molar-refractivity contribution in [2.24, 2.45) is 5.41 Å². The van der Waals surface area contributed by atoms with Crippen molar-refractivity contribution >= 4 is 21.7 Å². The minimum Gasteiger partial charge on any atom is -0.357 e. The third-order valence-corrected chi connectivity index (χ3v) is 5.24. The van der Waals surface area contributed by atoms with Gasteiger partial charge in [-0.05, 0) is 59.2 Å². The zero-order valence-electron chi connectivity index (χ0n) is 10.9. The molecule has 0 unspecified atom stereocenters. The zero-order valence-corrected chi connectivity index (χ0v) is 12.5. The van der Waals surface area contributed by atoms with Crippen LogP contribution in [-0.4, -0.2) is 18.1 Å². The Hall–Kier alpha value is -0.570. The second-order valence-corrected chi connectivity index (χ2v) is 6.80. The van der Waals surface area contributed by atoms with Gasteiger partial charge in [-0.25, -0.2) is 4.98 Å². The fourth-order valence-corrected chi connectivity index (χ4v) is 3.80. The number of hydrogen-bond acceptors (Lipinski definition) is 2. The van der Waals surface area contributed by atoms with Crippen molar-refractivity contribution in [2.45, 2.75) is 44.9 Å². The molecule has 1 aliphatic carbocycles. The van der Waals surface area contributed by atoms with Crippen molar-refractivity contribution in [1.29, 1.82) is 0 Å². The maximum absolute atomic E-state index is 4.51. The van der Waals surface area contributed by atoms with Crippen LogP contribution in [0.1, 0.15) is 44.9 Å². The topological polar surface area (TPSA) is 16.1 Å². The van der Waals surface area contributed by atoms with Gasteiger partial charge in [-0.1, -0.05) is 19.3 Å². The van der Waals surface area contributed by atoms with Gasteiger partial charge in [-0.3, -0.25) is 0 Å². The number of halogens is 1. The van der Waals surface area contributed by atoms with E-state index in [1.54, 1.807) is 0 Å². The first-order valence-corrected chi connectivity index (χ1v) is 7.93. The normalized spacial score (nSPS) is 23.3. The average molecular weight is 309 g/mol. The molecule has 2 fully saturated rings. The monoisotopic (exact) mass is 308 g/mol. The van der Waals surface area contributed by atoms with Crippen LogP contribution in [-0.2, 0) is 0 Å². The van der Waals surface area contributed by atoms with Crippen LogP contribution in [0.15, 0.2) is 22.8 Å². The van der Waals surface area contributed by atoms with Gasteiger partial charge in [0, 0.05) is 23.8 Å². The second kappa shape index (κ2) is 5.20. The summed E-state index contributed by atoms with van der Waals surface area (Å²) >= 11 is 3.45. The molecular formula is C15H21BrN2. The largest absolute Gasteiger partial charge is 0.357 e. The molecule has 1 saturated heterocycles. The van der Waals surface area contributed by atoms with Gasteiger partial charge < -0.3 is 4.90 Å². The van der Waals surface area contributed by atoms with E-state index in [-0.39, 0.29) is 0 Å². The second-order valence-electron chi connectivity index (χ2n) is 5.88. The quantitative estimate of drug-likeness (QED) is 0.764. The fraction of sp³-hybridized carbons (Fsp3) is 0.667. The molecule has 1 saturated carbocycles. The summed E-state index contributed by atoms with van der Waals surface area (Å²) < 4.78 is 1.06. The van der Waals surface area contributed by atoms with Gasteiger partial charge in [0.05, 0.1) is 0 Å². The van der Waals surface area contributed by atoms with Gasteiger partial charge in [0.25, 0.3) is 0 Å². The van der Waals surface area contributed by atoms with Gasteiger partial charge in [-0.2, -0.15) is 0 Å². The summed E-state index contributed by atoms with van der Waals surface area (Å²) in [6.45, 7) is 2.38. The third kappa shape index (κ3) is 2.56. The van der Waals surface area contributed by atoms with Crippen LogP contribution in [0.5, 0.6) is 0 Å². The number of hydrogen-bond donors (Lipinski definition) is 0. The van der Waals surface area contributed by atoms with E-state index in [4.69, 9.17) is 0 Å². The van der Waals surface area contributed by atoms with Crippen LogP contribution in [0.2, 0.25) is 0 Å². The molecule has 2 aliphatic rings. The van der Waals surface area contributed by atoms with Crippen LogP contribution in [0.25, 0.3) is 0 Å². The molecule has 3 heteroatoms. The number of nitrogens with zero attached hydrogens (tertiary/aromatic N) is 2. The number of aromatic nitrogens is 1. The Bertz CT molecular complexity index is 385. The molecule has 2 heterocycles. The molecule has 1 aromatic heterocycles. The van der Waals surface area contributed by atoms with Gasteiger partial charge >= 0.3 is 0 Å². The molecule has 18 heavy (non-hydrogen) atoms. The van der Waals surface area contributed by atoms with Crippen molar-refractivity contribution in [3.63, 3.8) is 0 Å². The maximum atomic E-state index is 4.51. The molecule has 0 amide bonds. The summed E-state index contributed by atoms with van der Waals surface area (Å²) in [4.78, 5) is 6.97. The van der Waals surface area contributed by atoms with Crippen LogP contribution >= 0.6 is 15.9 Å². The van der Waals surface area contributed by atoms with Crippen molar-refractivity contribution in [3.8, 4) is 0 Å². The van der Waals surface area contributed by atoms with Crippen LogP contribution in [0.3, 0.4) is 0 Å². The highest BCUT2D eigenvalue weighted by molar-refractivity contribution is 9.10. The van der Waals surface area contributed by atoms with Gasteiger partial charge in [0.2, 0.25) is 0 Å². The SMILES string of the molecule is Brc1ccc(N2CCC3(CCCCC3)CC2)nc1. The van der Waals surface area contributed by atoms with E-state index < -0.39 is 0 Å². The maximum Gasteiger partial charge on any atom is 0.128 e. The highest BCUT2D eigenvalue weighted by Crippen LogP contribution is 2.44. The van der Waals surface area contributed by atoms with E-state index in [9.17, 15) is 0 Å². The first kappa shape index (κ1) is 12.5. The fourth-order valence-electron chi connectivity index (χ4n) is 3.57. The Morgan fingerprint density at radius 1 is 1.00 bits per heavy atom. The van der Waals surface area contributed by atoms with Crippen LogP contribution in [0.4, 0.5) is 5.82 Å². The predicted molar refractivity (Wildman–Crippen MR) is 78.9 cm³/mol. The summed E-state index contributed by atoms with van der Waals surface area (Å²) in [6, 6.07) is 4.22. The Balaban J connectivity index is 1.64. The molecule has 1 spiro atoms. The third-order valence-electron chi connectivity index (χ3n) is 4.77. The van der Waals surface area contributed by atoms with E-state index in [0.717, 1.165) is 10.3 Å². The average Bonchev–Trinajstić information content (AvgIpc) is 2.42. The van der Waals surface area contributed by atoms with Gasteiger partial charge in [0.1, 0.15) is 5.82 Å². The molecule has 0 N–H and O–H groups in total. The molecule has 2 nitrogen and oxygen atoms in total. The van der Waals surface area contributed by atoms with Crippen LogP contribution < -0.4 is 4.90 Å². The number of rotatable bonds is 1. The van der Waals surface area contributed by atoms with Crippen LogP contribution in [0, 0.1) is 5.41 Å². The molecule has 0 bridgehead atoms. The smallest absolute Gasteiger partial charge is 0.128 e. The Labute approximate surface area is 118 Å². The Morgan fingerprint density at radius 2 is 1.72 bits per heavy atom. The highest BCUT2D eigenvalue weighted by Gasteiger charge is 2.35. The lowest BCUT2D eigenvalue weighted by atomic mass is 9.68. The minimum absolute atomic E-state index is 0.685. The first-order chi connectivity index (χ1) is 8.77. The summed E-state index contributed by atoms with van der Waals surface area (Å²) in [5.74, 6) is 1.14. The van der Waals surface area contributed by atoms with E-state index in [1.807, 2.05) is 6.20 Å². The molecule has 1 aromatic rings. The lowest BCUT2D eigenvalue weighted by Gasteiger charge is -2.44. The lowest BCUT2D eigenvalue weighted by molar-refractivity contribution is 0.144. The highest BCUT2D eigenvalue weighted by atomic mass is 79.9. The van der Waals surface area contributed by atoms with E-state index in [1.165, 1.54) is 58.0 Å². The molecule has 0 radical (unpaired) electrons. The molecule has 0 atom stereocenters. The minimum atomic E-state index is 0.685. The lowest BCUT2D eigenvalue weighted by Crippen LogP contribution is -2.41. The number of pyridine rings is 1. The summed E-state index contributed by atoms with van der Waals surface area (Å²) in [7, 11) is 0. The predicted octanol–water partition coefficient (Wildman–Crippen LogP) is 4.39. The molecule has 3 rings (SSSR count). The van der Waals surface area contributed by atoms with Gasteiger partial charge in [0.15, 0.2) is 0 Å². The summed E-state index contributed by atoms with van der Waals surface area (Å²) in [5.41, 5.74) is 0.685. The van der Waals surface area contributed by atoms with Crippen molar-refractivity contribution in [1.82, 2.24) is 4.98 Å². The van der Waals surface area contributed by atoms with Gasteiger partial charge in [-0.15, -0.1) is 0 Å². The van der Waals surface area contributed by atoms with Crippen molar-refractivity contribution < 1.29 is 0 Å². The van der Waals surface area contributed by atoms with Crippen molar-refractivity contribution in [3.05, 3.63) is 22.8 Å². The standard InChI is InChI=1S/C15H21BrN2/c16-13-4-5-14(17-12-13)18-10-8-15(9-11-18)6-2-1-3-7-15/h4-5,12H,1-3,6-11H2. The number of piperidine rings is 1. The van der Waals surface area contributed by atoms with E-state index >= 15 is 0 Å². The molecule has 98 valence electrons. The van der Waals surface area contributed by atoms with Crippen molar-refractivity contribution in [2.75, 3.05) is 18.0 Å². The van der Waals surface area contributed by atoms with E-state index in [2.05, 4.69) is 37.9 Å². The molecule has 0 aromatic carbocycles. The Kier molecular flexibility index (Phi) is 3.60. The molecule has 1 aliphatic heterocycles. The summed E-state index contributed by atoms with van der Waals surface area (Å²) in [5, 5.41) is 0. The number of anilines is 1. The van der Waals surface area contributed by atoms with E-state index in [0.29, 0.717) is 5.41 Å². The Morgan fingerprint density at radius 3 is 2.33 bits per heavy atom. The first-order valence-electron chi connectivity index (χ1n) is 7.14. The zero-order chi connectivity index (χ0) is 12.4. The molecular weight excluding hydrogens is 288 g/mol.